The zero-order valence-electron chi connectivity index (χ0n) is 58.3. The van der Waals surface area contributed by atoms with Crippen LogP contribution in [0.1, 0.15) is 190 Å². The highest BCUT2D eigenvalue weighted by Crippen LogP contribution is 2.75. The van der Waals surface area contributed by atoms with Gasteiger partial charge in [0.2, 0.25) is 0 Å². The average molecular weight is 1240 g/mol. The maximum atomic E-state index is 2.70. The summed E-state index contributed by atoms with van der Waals surface area (Å²) >= 11 is 0. The summed E-state index contributed by atoms with van der Waals surface area (Å²) in [6.45, 7) is 16.9. The molecule has 0 radical (unpaired) electrons. The molecule has 12 aromatic rings. The lowest BCUT2D eigenvalue weighted by Gasteiger charge is -2.65. The minimum atomic E-state index is 0.409. The van der Waals surface area contributed by atoms with Crippen LogP contribution in [0.4, 0.5) is 0 Å². The quantitative estimate of drug-likeness (QED) is 0.155. The summed E-state index contributed by atoms with van der Waals surface area (Å²) in [5, 5.41) is 26.2. The maximum Gasteiger partial charge on any atom is -0.00212 e. The van der Waals surface area contributed by atoms with E-state index in [0.717, 1.165) is 106 Å². The van der Waals surface area contributed by atoms with Gasteiger partial charge in [0.1, 0.15) is 0 Å². The second kappa shape index (κ2) is 20.4. The van der Waals surface area contributed by atoms with Crippen molar-refractivity contribution in [1.29, 1.82) is 0 Å². The SMILES string of the molecule is CC12CC3CC(C1)CC(C)(C3)C2.Cc1cc2cccc3cc(C45CC6CC(C4)CC(C4CC7CC4C4CC(C)CC74)(C6)C5)c4cccc1c4c23.Cc1cc2cccc3cc(C4CC5CC4C4CC(C)CC54)c4cccc1c4c23.Cc1ccc2ccc3cccc4ccc1c2c34. The molecule has 95 heavy (non-hydrogen) atoms. The number of rotatable bonds is 3. The van der Waals surface area contributed by atoms with E-state index in [9.17, 15) is 0 Å². The fourth-order valence-corrected chi connectivity index (χ4v) is 29.8. The summed E-state index contributed by atoms with van der Waals surface area (Å²) in [6.07, 6.45) is 30.7. The lowest BCUT2D eigenvalue weighted by atomic mass is 9.39. The predicted octanol–water partition coefficient (Wildman–Crippen LogP) is 26.2. The highest BCUT2D eigenvalue weighted by Gasteiger charge is 2.66. The van der Waals surface area contributed by atoms with Gasteiger partial charge >= 0.3 is 0 Å². The number of fused-ring (bicyclic) bond motifs is 10. The molecule has 14 saturated carbocycles. The molecular weight excluding hydrogens is 1140 g/mol. The van der Waals surface area contributed by atoms with Crippen LogP contribution < -0.4 is 0 Å². The van der Waals surface area contributed by atoms with E-state index in [2.05, 4.69) is 200 Å². The Balaban J connectivity index is 0.0000000918. The lowest BCUT2D eigenvalue weighted by molar-refractivity contribution is -0.121. The van der Waals surface area contributed by atoms with Crippen LogP contribution in [-0.2, 0) is 5.41 Å². The molecule has 0 spiro atoms. The van der Waals surface area contributed by atoms with Crippen LogP contribution in [0.3, 0.4) is 0 Å². The van der Waals surface area contributed by atoms with Gasteiger partial charge in [-0.25, -0.2) is 0 Å². The Labute approximate surface area is 566 Å². The largest absolute Gasteiger partial charge is 0.0625 e. The van der Waals surface area contributed by atoms with Crippen molar-refractivity contribution in [3.05, 3.63) is 179 Å². The molecule has 14 unspecified atom stereocenters. The molecule has 0 aliphatic heterocycles. The van der Waals surface area contributed by atoms with Gasteiger partial charge in [-0.15, -0.1) is 0 Å². The Morgan fingerprint density at radius 2 is 0.768 bits per heavy atom. The second-order valence-corrected chi connectivity index (χ2v) is 37.6. The van der Waals surface area contributed by atoms with Crippen molar-refractivity contribution in [1.82, 2.24) is 0 Å². The Morgan fingerprint density at radius 1 is 0.316 bits per heavy atom. The van der Waals surface area contributed by atoms with E-state index in [4.69, 9.17) is 0 Å². The Hall–Kier alpha value is -6.24. The highest BCUT2D eigenvalue weighted by molar-refractivity contribution is 6.26. The van der Waals surface area contributed by atoms with E-state index >= 15 is 0 Å². The van der Waals surface area contributed by atoms with E-state index in [-0.39, 0.29) is 0 Å². The van der Waals surface area contributed by atoms with E-state index in [1.54, 1.807) is 97.9 Å². The van der Waals surface area contributed by atoms with E-state index in [1.807, 2.05) is 0 Å². The van der Waals surface area contributed by atoms with Gasteiger partial charge in [-0.3, -0.25) is 0 Å². The zero-order chi connectivity index (χ0) is 63.3. The minimum Gasteiger partial charge on any atom is -0.0625 e. The Bertz CT molecular complexity index is 5000. The molecule has 26 rings (SSSR count). The predicted molar refractivity (Wildman–Crippen MR) is 404 cm³/mol. The normalized spacial score (nSPS) is 38.0. The third-order valence-electron chi connectivity index (χ3n) is 31.4. The van der Waals surface area contributed by atoms with Crippen LogP contribution in [0.25, 0.3) is 97.0 Å². The first-order valence-corrected chi connectivity index (χ1v) is 39.1. The van der Waals surface area contributed by atoms with E-state index in [1.165, 1.54) is 155 Å². The molecule has 14 fully saturated rings. The van der Waals surface area contributed by atoms with Crippen molar-refractivity contribution < 1.29 is 0 Å². The summed E-state index contributed by atoms with van der Waals surface area (Å²) in [7, 11) is 0. The summed E-state index contributed by atoms with van der Waals surface area (Å²) < 4.78 is 0. The average Bonchev–Trinajstić information content (AvgIpc) is 1.28. The first-order chi connectivity index (χ1) is 46.1. The first kappa shape index (κ1) is 57.8. The molecule has 0 N–H and O–H groups in total. The van der Waals surface area contributed by atoms with Gasteiger partial charge in [0, 0.05) is 0 Å². The molecule has 12 bridgehead atoms. The third-order valence-corrected chi connectivity index (χ3v) is 31.4. The smallest absolute Gasteiger partial charge is 0.00212 e. The van der Waals surface area contributed by atoms with Crippen LogP contribution in [0, 0.1) is 126 Å². The van der Waals surface area contributed by atoms with E-state index < -0.39 is 0 Å². The highest BCUT2D eigenvalue weighted by atomic mass is 14.7. The molecular formula is C95H102. The summed E-state index contributed by atoms with van der Waals surface area (Å²) in [6, 6.07) is 58.3. The molecule has 0 aromatic heterocycles. The number of hydrogen-bond donors (Lipinski definition) is 0. The van der Waals surface area contributed by atoms with Crippen LogP contribution in [0.2, 0.25) is 0 Å². The molecule has 0 nitrogen and oxygen atoms in total. The minimum absolute atomic E-state index is 0.409. The van der Waals surface area contributed by atoms with Gasteiger partial charge in [0.15, 0.2) is 0 Å². The van der Waals surface area contributed by atoms with Crippen molar-refractivity contribution in [2.45, 2.75) is 188 Å². The molecule has 0 amide bonds. The standard InChI is InChI=1S/C38H42.C28H28.C17H12.C12H20/c1-21-9-30-27-13-32(31(30)10-21)34(15-27)38-18-23-12-24(19-38)17-37(16-23,20-38)33-14-26-6-3-5-25-11-22(2)28-7-4-8-29(33)36(28)35(25)26;1-15-9-22-19-13-25(23(22)10-15)26(14-19)24-12-18-6-3-5-17-11-16(2)20-7-4-8-21(24)28(20)27(17)18;1-11-5-6-14-8-7-12-3-2-4-13-9-10-15(11)17(14)16(12)13;1-11-4-9-3-10(5-11)7-12(2,6-9)8-11/h3-8,11,14,21,23-24,27,30-32,34H,9-10,12-13,15-20H2,1-2H3;3-8,11-12,15,19,22-23,25-26H,9-10,13-14H2,1-2H3;2-10H,1H3;9-10H,3-8H2,1-2H3. The Kier molecular flexibility index (Phi) is 12.4. The lowest BCUT2D eigenvalue weighted by Crippen LogP contribution is -2.57. The van der Waals surface area contributed by atoms with Gasteiger partial charge in [0.05, 0.1) is 0 Å². The third kappa shape index (κ3) is 8.55. The number of hydrogen-bond acceptors (Lipinski definition) is 0. The molecule has 14 atom stereocenters. The molecule has 0 heteroatoms. The van der Waals surface area contributed by atoms with Crippen molar-refractivity contribution in [3.8, 4) is 0 Å². The summed E-state index contributed by atoms with van der Waals surface area (Å²) in [5.74, 6) is 16.3. The van der Waals surface area contributed by atoms with Gasteiger partial charge < -0.3 is 0 Å². The van der Waals surface area contributed by atoms with Crippen LogP contribution in [0.5, 0.6) is 0 Å². The monoisotopic (exact) mass is 1240 g/mol. The molecule has 12 aromatic carbocycles. The van der Waals surface area contributed by atoms with Gasteiger partial charge in [-0.1, -0.05) is 173 Å². The van der Waals surface area contributed by atoms with Crippen LogP contribution in [0.15, 0.2) is 152 Å². The van der Waals surface area contributed by atoms with Crippen molar-refractivity contribution in [2.24, 2.45) is 105 Å². The first-order valence-electron chi connectivity index (χ1n) is 39.1. The molecule has 14 aliphatic carbocycles. The fourth-order valence-electron chi connectivity index (χ4n) is 29.8. The fraction of sp³-hybridized carbons (Fsp3) is 0.495. The number of benzene rings is 12. The van der Waals surface area contributed by atoms with Gasteiger partial charge in [-0.05, 0) is 396 Å². The summed E-state index contributed by atoms with van der Waals surface area (Å²) in [5.41, 5.74) is 10.2. The Morgan fingerprint density at radius 3 is 1.39 bits per heavy atom. The topological polar surface area (TPSA) is 0 Å². The van der Waals surface area contributed by atoms with Crippen molar-refractivity contribution in [2.75, 3.05) is 0 Å². The molecule has 482 valence electrons. The summed E-state index contributed by atoms with van der Waals surface area (Å²) in [4.78, 5) is 0. The van der Waals surface area contributed by atoms with Crippen molar-refractivity contribution in [3.63, 3.8) is 0 Å². The second-order valence-electron chi connectivity index (χ2n) is 37.6. The van der Waals surface area contributed by atoms with Crippen LogP contribution in [-0.4, -0.2) is 0 Å². The van der Waals surface area contributed by atoms with Gasteiger partial charge in [0.25, 0.3) is 0 Å². The molecule has 0 heterocycles. The molecule has 14 aliphatic rings. The van der Waals surface area contributed by atoms with Crippen LogP contribution >= 0.6 is 0 Å². The maximum absolute atomic E-state index is 2.70. The van der Waals surface area contributed by atoms with Gasteiger partial charge in [-0.2, -0.15) is 0 Å². The molecule has 0 saturated heterocycles. The zero-order valence-corrected chi connectivity index (χ0v) is 58.3. The number of aryl methyl sites for hydroxylation is 3. The van der Waals surface area contributed by atoms with E-state index in [0.29, 0.717) is 10.8 Å². The van der Waals surface area contributed by atoms with Crippen molar-refractivity contribution >= 4 is 97.0 Å².